The zero-order valence-electron chi connectivity index (χ0n) is 16.2. The molecule has 0 saturated heterocycles. The van der Waals surface area contributed by atoms with Gasteiger partial charge < -0.3 is 19.4 Å². The van der Waals surface area contributed by atoms with E-state index in [1.807, 2.05) is 37.2 Å². The molecular weight excluding hydrogens is 358 g/mol. The molecule has 0 atom stereocenters. The zero-order chi connectivity index (χ0) is 19.9. The molecule has 0 radical (unpaired) electrons. The van der Waals surface area contributed by atoms with Gasteiger partial charge >= 0.3 is 0 Å². The van der Waals surface area contributed by atoms with Crippen LogP contribution in [0.15, 0.2) is 47.0 Å². The van der Waals surface area contributed by atoms with E-state index in [1.54, 1.807) is 31.3 Å². The number of benzene rings is 1. The fourth-order valence-electron chi connectivity index (χ4n) is 2.52. The van der Waals surface area contributed by atoms with Crippen LogP contribution in [0.4, 0.5) is 0 Å². The molecule has 3 rings (SSSR count). The molecule has 1 N–H and O–H groups in total. The summed E-state index contributed by atoms with van der Waals surface area (Å²) in [5.74, 6) is 1.08. The summed E-state index contributed by atoms with van der Waals surface area (Å²) in [6.45, 7) is 3.41. The lowest BCUT2D eigenvalue weighted by Gasteiger charge is -2.11. The molecule has 1 aromatic carbocycles. The van der Waals surface area contributed by atoms with Crippen LogP contribution in [-0.4, -0.2) is 53.2 Å². The van der Waals surface area contributed by atoms with E-state index in [1.165, 1.54) is 0 Å². The molecule has 0 spiro atoms. The first-order chi connectivity index (χ1) is 13.5. The molecule has 0 unspecified atom stereocenters. The van der Waals surface area contributed by atoms with E-state index in [0.717, 1.165) is 12.1 Å². The molecule has 0 aliphatic heterocycles. The minimum Gasteiger partial charge on any atom is -0.476 e. The number of hydrogen-bond acceptors (Lipinski definition) is 7. The van der Waals surface area contributed by atoms with Crippen molar-refractivity contribution in [2.75, 3.05) is 27.2 Å². The maximum absolute atomic E-state index is 12.7. The number of likely N-dealkylation sites (N-methyl/N-ethyl adjacent to an activating group) is 1. The van der Waals surface area contributed by atoms with Crippen LogP contribution in [0.1, 0.15) is 21.8 Å². The van der Waals surface area contributed by atoms with E-state index in [-0.39, 0.29) is 5.91 Å². The van der Waals surface area contributed by atoms with E-state index < -0.39 is 0 Å². The Morgan fingerprint density at radius 2 is 2.04 bits per heavy atom. The maximum Gasteiger partial charge on any atom is 0.252 e. The summed E-state index contributed by atoms with van der Waals surface area (Å²) < 4.78 is 11.1. The number of pyridine rings is 1. The molecule has 2 aromatic heterocycles. The largest absolute Gasteiger partial charge is 0.476 e. The van der Waals surface area contributed by atoms with Gasteiger partial charge in [0.1, 0.15) is 6.61 Å². The topological polar surface area (TPSA) is 93.4 Å². The summed E-state index contributed by atoms with van der Waals surface area (Å²) in [5.41, 5.74) is 1.97. The van der Waals surface area contributed by atoms with Crippen LogP contribution < -0.4 is 10.1 Å². The summed E-state index contributed by atoms with van der Waals surface area (Å²) in [5, 5.41) is 10.7. The van der Waals surface area contributed by atoms with Crippen molar-refractivity contribution >= 4 is 5.91 Å². The van der Waals surface area contributed by atoms with Gasteiger partial charge in [-0.05, 0) is 37.9 Å². The number of nitrogens with zero attached hydrogens (tertiary/aromatic N) is 4. The van der Waals surface area contributed by atoms with E-state index >= 15 is 0 Å². The van der Waals surface area contributed by atoms with Crippen LogP contribution in [0.25, 0.3) is 11.5 Å². The highest BCUT2D eigenvalue weighted by Gasteiger charge is 2.16. The van der Waals surface area contributed by atoms with Gasteiger partial charge in [0.25, 0.3) is 5.91 Å². The maximum atomic E-state index is 12.7. The number of nitrogens with one attached hydrogen (secondary N) is 1. The molecule has 28 heavy (non-hydrogen) atoms. The van der Waals surface area contributed by atoms with Gasteiger partial charge in [-0.1, -0.05) is 12.1 Å². The Morgan fingerprint density at radius 1 is 1.21 bits per heavy atom. The fourth-order valence-corrected chi connectivity index (χ4v) is 2.52. The molecule has 3 aromatic rings. The monoisotopic (exact) mass is 381 g/mol. The summed E-state index contributed by atoms with van der Waals surface area (Å²) in [6.07, 6.45) is 1.67. The number of carbonyl (C=O) groups is 1. The lowest BCUT2D eigenvalue weighted by Crippen LogP contribution is -2.23. The van der Waals surface area contributed by atoms with Crippen molar-refractivity contribution in [1.82, 2.24) is 25.4 Å². The number of rotatable bonds is 8. The molecule has 1 amide bonds. The third-order valence-corrected chi connectivity index (χ3v) is 3.97. The first kappa shape index (κ1) is 19.5. The van der Waals surface area contributed by atoms with E-state index in [2.05, 4.69) is 20.5 Å². The predicted octanol–water partition coefficient (Wildman–Crippen LogP) is 2.31. The van der Waals surface area contributed by atoms with E-state index in [0.29, 0.717) is 41.9 Å². The lowest BCUT2D eigenvalue weighted by molar-refractivity contribution is 0.0951. The molecule has 0 fully saturated rings. The standard InChI is InChI=1S/C20H23N5O3/c1-14-23-24-20(28-14)17-7-5-4-6-16(17)19(26)22-13-15-8-9-21-18(12-15)27-11-10-25(2)3/h4-9,12H,10-11,13H2,1-3H3,(H,22,26). The Balaban J connectivity index is 1.65. The number of aromatic nitrogens is 3. The van der Waals surface area contributed by atoms with Gasteiger partial charge in [0, 0.05) is 32.3 Å². The van der Waals surface area contributed by atoms with Crippen molar-refractivity contribution in [3.05, 3.63) is 59.6 Å². The Bertz CT molecular complexity index is 939. The molecule has 0 aliphatic rings. The van der Waals surface area contributed by atoms with E-state index in [4.69, 9.17) is 9.15 Å². The minimum absolute atomic E-state index is 0.224. The smallest absolute Gasteiger partial charge is 0.252 e. The quantitative estimate of drug-likeness (QED) is 0.640. The van der Waals surface area contributed by atoms with Gasteiger partial charge in [0.05, 0.1) is 11.1 Å². The highest BCUT2D eigenvalue weighted by molar-refractivity contribution is 5.99. The minimum atomic E-state index is -0.224. The second kappa shape index (κ2) is 9.09. The molecule has 2 heterocycles. The van der Waals surface area contributed by atoms with Crippen molar-refractivity contribution < 1.29 is 13.9 Å². The molecular formula is C20H23N5O3. The number of carbonyl (C=O) groups excluding carboxylic acids is 1. The summed E-state index contributed by atoms with van der Waals surface area (Å²) >= 11 is 0. The van der Waals surface area contributed by atoms with Gasteiger partial charge in [-0.3, -0.25) is 4.79 Å². The first-order valence-electron chi connectivity index (χ1n) is 8.93. The van der Waals surface area contributed by atoms with Crippen LogP contribution >= 0.6 is 0 Å². The third-order valence-electron chi connectivity index (χ3n) is 3.97. The second-order valence-corrected chi connectivity index (χ2v) is 6.51. The van der Waals surface area contributed by atoms with Crippen LogP contribution in [0.3, 0.4) is 0 Å². The number of amides is 1. The lowest BCUT2D eigenvalue weighted by atomic mass is 10.1. The van der Waals surface area contributed by atoms with Crippen LogP contribution in [0, 0.1) is 6.92 Å². The van der Waals surface area contributed by atoms with Crippen molar-refractivity contribution in [1.29, 1.82) is 0 Å². The second-order valence-electron chi connectivity index (χ2n) is 6.51. The van der Waals surface area contributed by atoms with Crippen molar-refractivity contribution in [3.63, 3.8) is 0 Å². The van der Waals surface area contributed by atoms with E-state index in [9.17, 15) is 4.79 Å². The normalized spacial score (nSPS) is 10.9. The van der Waals surface area contributed by atoms with Gasteiger partial charge in [-0.2, -0.15) is 0 Å². The molecule has 0 saturated carbocycles. The highest BCUT2D eigenvalue weighted by atomic mass is 16.5. The fraction of sp³-hybridized carbons (Fsp3) is 0.300. The van der Waals surface area contributed by atoms with Crippen molar-refractivity contribution in [2.45, 2.75) is 13.5 Å². The van der Waals surface area contributed by atoms with Gasteiger partial charge in [-0.25, -0.2) is 4.98 Å². The zero-order valence-corrected chi connectivity index (χ0v) is 16.2. The molecule has 0 bridgehead atoms. The first-order valence-corrected chi connectivity index (χ1v) is 8.93. The number of hydrogen-bond donors (Lipinski definition) is 1. The average Bonchev–Trinajstić information content (AvgIpc) is 3.12. The van der Waals surface area contributed by atoms with Crippen LogP contribution in [0.5, 0.6) is 5.88 Å². The van der Waals surface area contributed by atoms with Gasteiger partial charge in [0.15, 0.2) is 0 Å². The predicted molar refractivity (Wildman–Crippen MR) is 104 cm³/mol. The van der Waals surface area contributed by atoms with Crippen molar-refractivity contribution in [3.8, 4) is 17.3 Å². The Labute approximate surface area is 163 Å². The molecule has 8 nitrogen and oxygen atoms in total. The summed E-state index contributed by atoms with van der Waals surface area (Å²) in [6, 6.07) is 10.8. The third kappa shape index (κ3) is 5.14. The summed E-state index contributed by atoms with van der Waals surface area (Å²) in [7, 11) is 3.96. The average molecular weight is 381 g/mol. The highest BCUT2D eigenvalue weighted by Crippen LogP contribution is 2.22. The van der Waals surface area contributed by atoms with Crippen molar-refractivity contribution in [2.24, 2.45) is 0 Å². The SMILES string of the molecule is Cc1nnc(-c2ccccc2C(=O)NCc2ccnc(OCCN(C)C)c2)o1. The molecule has 8 heteroatoms. The Hall–Kier alpha value is -3.26. The summed E-state index contributed by atoms with van der Waals surface area (Å²) in [4.78, 5) is 18.9. The van der Waals surface area contributed by atoms with Gasteiger partial charge in [0.2, 0.25) is 17.7 Å². The number of ether oxygens (including phenoxy) is 1. The Morgan fingerprint density at radius 3 is 2.79 bits per heavy atom. The molecule has 0 aliphatic carbocycles. The van der Waals surface area contributed by atoms with Gasteiger partial charge in [-0.15, -0.1) is 10.2 Å². The molecule has 146 valence electrons. The van der Waals surface area contributed by atoms with Crippen LogP contribution in [-0.2, 0) is 6.54 Å². The van der Waals surface area contributed by atoms with Crippen LogP contribution in [0.2, 0.25) is 0 Å². The Kier molecular flexibility index (Phi) is 6.33. The number of aryl methyl sites for hydroxylation is 1.